The van der Waals surface area contributed by atoms with E-state index in [-0.39, 0.29) is 11.8 Å². The maximum absolute atomic E-state index is 12.9. The molecule has 5 nitrogen and oxygen atoms in total. The second-order valence-electron chi connectivity index (χ2n) is 7.32. The molecule has 0 saturated carbocycles. The monoisotopic (exact) mass is 380 g/mol. The third kappa shape index (κ3) is 4.53. The number of benzene rings is 2. The van der Waals surface area contributed by atoms with Gasteiger partial charge in [-0.25, -0.2) is 0 Å². The number of anilines is 1. The summed E-state index contributed by atoms with van der Waals surface area (Å²) in [6.07, 6.45) is 1.96. The largest absolute Gasteiger partial charge is 0.480 e. The smallest absolute Gasteiger partial charge is 0.265 e. The lowest BCUT2D eigenvalue weighted by atomic mass is 10.1. The van der Waals surface area contributed by atoms with Gasteiger partial charge in [-0.15, -0.1) is 0 Å². The number of nitrogens with zero attached hydrogens (tertiary/aromatic N) is 1. The van der Waals surface area contributed by atoms with E-state index in [0.717, 1.165) is 37.1 Å². The summed E-state index contributed by atoms with van der Waals surface area (Å²) >= 11 is 0. The predicted octanol–water partition coefficient (Wildman–Crippen LogP) is 4.34. The van der Waals surface area contributed by atoms with Crippen molar-refractivity contribution < 1.29 is 14.3 Å². The standard InChI is InChI=1S/C23H28N2O3/c1-4-20(28-21-15-16(2)11-12-17(21)3)22(26)24-19-10-6-5-9-18(19)23(27)25-13-7-8-14-25/h5-6,9-12,15,20H,4,7-8,13-14H2,1-3H3,(H,24,26). The van der Waals surface area contributed by atoms with E-state index >= 15 is 0 Å². The topological polar surface area (TPSA) is 58.6 Å². The zero-order valence-electron chi connectivity index (χ0n) is 16.8. The summed E-state index contributed by atoms with van der Waals surface area (Å²) in [5, 5.41) is 2.91. The number of hydrogen-bond donors (Lipinski definition) is 1. The van der Waals surface area contributed by atoms with E-state index in [4.69, 9.17) is 4.74 Å². The van der Waals surface area contributed by atoms with Crippen molar-refractivity contribution in [2.24, 2.45) is 0 Å². The molecule has 5 heteroatoms. The van der Waals surface area contributed by atoms with Crippen LogP contribution in [0.3, 0.4) is 0 Å². The van der Waals surface area contributed by atoms with Gasteiger partial charge in [-0.05, 0) is 62.4 Å². The average Bonchev–Trinajstić information content (AvgIpc) is 3.23. The van der Waals surface area contributed by atoms with Crippen molar-refractivity contribution in [3.8, 4) is 5.75 Å². The Hall–Kier alpha value is -2.82. The Morgan fingerprint density at radius 2 is 1.82 bits per heavy atom. The normalized spacial score (nSPS) is 14.6. The highest BCUT2D eigenvalue weighted by Gasteiger charge is 2.24. The summed E-state index contributed by atoms with van der Waals surface area (Å²) in [4.78, 5) is 27.5. The van der Waals surface area contributed by atoms with Crippen LogP contribution >= 0.6 is 0 Å². The van der Waals surface area contributed by atoms with E-state index in [2.05, 4.69) is 5.32 Å². The zero-order chi connectivity index (χ0) is 20.1. The van der Waals surface area contributed by atoms with E-state index in [9.17, 15) is 9.59 Å². The molecule has 3 rings (SSSR count). The van der Waals surface area contributed by atoms with Gasteiger partial charge in [0.1, 0.15) is 5.75 Å². The molecule has 1 fully saturated rings. The van der Waals surface area contributed by atoms with Gasteiger partial charge < -0.3 is 15.0 Å². The Labute approximate surface area is 166 Å². The number of rotatable bonds is 6. The van der Waals surface area contributed by atoms with Gasteiger partial charge in [0.25, 0.3) is 11.8 Å². The second kappa shape index (κ2) is 8.91. The Morgan fingerprint density at radius 3 is 2.54 bits per heavy atom. The van der Waals surface area contributed by atoms with Gasteiger partial charge in [0.05, 0.1) is 11.3 Å². The summed E-state index contributed by atoms with van der Waals surface area (Å²) in [6, 6.07) is 13.1. The van der Waals surface area contributed by atoms with Gasteiger partial charge in [-0.3, -0.25) is 9.59 Å². The van der Waals surface area contributed by atoms with Crippen molar-refractivity contribution >= 4 is 17.5 Å². The highest BCUT2D eigenvalue weighted by atomic mass is 16.5. The van der Waals surface area contributed by atoms with Crippen molar-refractivity contribution in [1.29, 1.82) is 0 Å². The van der Waals surface area contributed by atoms with Crippen LogP contribution in [0.1, 0.15) is 47.7 Å². The van der Waals surface area contributed by atoms with Gasteiger partial charge in [0, 0.05) is 13.1 Å². The van der Waals surface area contributed by atoms with E-state index < -0.39 is 6.10 Å². The molecule has 0 spiro atoms. The molecule has 28 heavy (non-hydrogen) atoms. The Morgan fingerprint density at radius 1 is 1.11 bits per heavy atom. The fourth-order valence-electron chi connectivity index (χ4n) is 3.39. The van der Waals surface area contributed by atoms with Crippen LogP contribution in [0.15, 0.2) is 42.5 Å². The minimum atomic E-state index is -0.629. The molecule has 1 saturated heterocycles. The third-order valence-corrected chi connectivity index (χ3v) is 5.08. The molecule has 2 amide bonds. The first-order valence-corrected chi connectivity index (χ1v) is 9.92. The van der Waals surface area contributed by atoms with Crippen LogP contribution in [0.25, 0.3) is 0 Å². The van der Waals surface area contributed by atoms with Gasteiger partial charge >= 0.3 is 0 Å². The Bertz CT molecular complexity index is 857. The van der Waals surface area contributed by atoms with Gasteiger partial charge in [-0.2, -0.15) is 0 Å². The van der Waals surface area contributed by atoms with Crippen LogP contribution in [0, 0.1) is 13.8 Å². The highest BCUT2D eigenvalue weighted by molar-refractivity contribution is 6.04. The van der Waals surface area contributed by atoms with Crippen molar-refractivity contribution in [2.45, 2.75) is 46.1 Å². The van der Waals surface area contributed by atoms with Crippen LogP contribution in [0.4, 0.5) is 5.69 Å². The maximum atomic E-state index is 12.9. The molecule has 2 aromatic rings. The first-order valence-electron chi connectivity index (χ1n) is 9.92. The number of nitrogens with one attached hydrogen (secondary N) is 1. The number of carbonyl (C=O) groups is 2. The molecular weight excluding hydrogens is 352 g/mol. The summed E-state index contributed by atoms with van der Waals surface area (Å²) < 4.78 is 6.00. The first kappa shape index (κ1) is 19.9. The fourth-order valence-corrected chi connectivity index (χ4v) is 3.39. The minimum absolute atomic E-state index is 0.0307. The lowest BCUT2D eigenvalue weighted by Gasteiger charge is -2.21. The molecule has 148 valence electrons. The Kier molecular flexibility index (Phi) is 6.34. The highest BCUT2D eigenvalue weighted by Crippen LogP contribution is 2.23. The second-order valence-corrected chi connectivity index (χ2v) is 7.32. The van der Waals surface area contributed by atoms with Crippen LogP contribution in [0.5, 0.6) is 5.75 Å². The number of carbonyl (C=O) groups excluding carboxylic acids is 2. The van der Waals surface area contributed by atoms with Crippen molar-refractivity contribution in [3.63, 3.8) is 0 Å². The summed E-state index contributed by atoms with van der Waals surface area (Å²) in [5.41, 5.74) is 3.13. The van der Waals surface area contributed by atoms with E-state index in [1.54, 1.807) is 12.1 Å². The molecule has 0 aromatic heterocycles. The van der Waals surface area contributed by atoms with Gasteiger partial charge in [0.2, 0.25) is 0 Å². The number of likely N-dealkylation sites (tertiary alicyclic amines) is 1. The third-order valence-electron chi connectivity index (χ3n) is 5.08. The maximum Gasteiger partial charge on any atom is 0.265 e. The van der Waals surface area contributed by atoms with E-state index in [0.29, 0.717) is 23.4 Å². The Balaban J connectivity index is 1.76. The van der Waals surface area contributed by atoms with Crippen LogP contribution in [-0.4, -0.2) is 35.9 Å². The number of aryl methyl sites for hydroxylation is 2. The van der Waals surface area contributed by atoms with Crippen molar-refractivity contribution in [1.82, 2.24) is 4.90 Å². The molecule has 1 N–H and O–H groups in total. The number of amides is 2. The van der Waals surface area contributed by atoms with E-state index in [1.807, 2.05) is 56.0 Å². The lowest BCUT2D eigenvalue weighted by molar-refractivity contribution is -0.122. The van der Waals surface area contributed by atoms with Crippen LogP contribution < -0.4 is 10.1 Å². The van der Waals surface area contributed by atoms with Gasteiger partial charge in [-0.1, -0.05) is 31.2 Å². The van der Waals surface area contributed by atoms with Gasteiger partial charge in [0.15, 0.2) is 6.10 Å². The SMILES string of the molecule is CCC(Oc1cc(C)ccc1C)C(=O)Nc1ccccc1C(=O)N1CCCC1. The molecule has 0 radical (unpaired) electrons. The van der Waals surface area contributed by atoms with E-state index in [1.165, 1.54) is 0 Å². The first-order chi connectivity index (χ1) is 13.5. The van der Waals surface area contributed by atoms with Crippen molar-refractivity contribution in [2.75, 3.05) is 18.4 Å². The molecule has 2 aromatic carbocycles. The summed E-state index contributed by atoms with van der Waals surface area (Å²) in [6.45, 7) is 7.41. The number of para-hydroxylation sites is 1. The molecular formula is C23H28N2O3. The molecule has 1 unspecified atom stereocenters. The average molecular weight is 380 g/mol. The molecule has 0 aliphatic carbocycles. The number of hydrogen-bond acceptors (Lipinski definition) is 3. The molecule has 1 aliphatic rings. The summed E-state index contributed by atoms with van der Waals surface area (Å²) in [5.74, 6) is 0.436. The lowest BCUT2D eigenvalue weighted by Crippen LogP contribution is -2.34. The van der Waals surface area contributed by atoms with Crippen molar-refractivity contribution in [3.05, 3.63) is 59.2 Å². The zero-order valence-corrected chi connectivity index (χ0v) is 16.8. The summed E-state index contributed by atoms with van der Waals surface area (Å²) in [7, 11) is 0. The molecule has 1 aliphatic heterocycles. The fraction of sp³-hybridized carbons (Fsp3) is 0.391. The number of ether oxygens (including phenoxy) is 1. The predicted molar refractivity (Wildman–Crippen MR) is 111 cm³/mol. The molecule has 0 bridgehead atoms. The van der Waals surface area contributed by atoms with Crippen LogP contribution in [0.2, 0.25) is 0 Å². The quantitative estimate of drug-likeness (QED) is 0.811. The molecule has 1 heterocycles. The van der Waals surface area contributed by atoms with Crippen LogP contribution in [-0.2, 0) is 4.79 Å². The molecule has 1 atom stereocenters. The minimum Gasteiger partial charge on any atom is -0.480 e.